The fourth-order valence-corrected chi connectivity index (χ4v) is 2.51. The smallest absolute Gasteiger partial charge is 0.476 e. The summed E-state index contributed by atoms with van der Waals surface area (Å²) in [4.78, 5) is 26.1. The lowest BCUT2D eigenvalue weighted by Gasteiger charge is -2.10. The molecule has 1 heterocycles. The number of rotatable bonds is 4. The molecule has 0 aliphatic carbocycles. The number of aromatic carboxylic acids is 1. The Balaban J connectivity index is 1.97. The van der Waals surface area contributed by atoms with Crippen molar-refractivity contribution in [3.8, 4) is 5.75 Å². The Morgan fingerprint density at radius 3 is 2.33 bits per heavy atom. The summed E-state index contributed by atoms with van der Waals surface area (Å²) in [5.41, 5.74) is -0.214. The molecule has 0 bridgehead atoms. The van der Waals surface area contributed by atoms with Crippen LogP contribution in [0.15, 0.2) is 24.3 Å². The number of anilines is 2. The predicted molar refractivity (Wildman–Crippen MR) is 79.8 cm³/mol. The monoisotopic (exact) mass is 381 g/mol. The van der Waals surface area contributed by atoms with E-state index in [1.807, 2.05) is 0 Å². The minimum absolute atomic E-state index is 0.0491. The predicted octanol–water partition coefficient (Wildman–Crippen LogP) is 4.04. The zero-order valence-electron chi connectivity index (χ0n) is 11.3. The maximum absolute atomic E-state index is 12.0. The third-order valence-electron chi connectivity index (χ3n) is 2.35. The summed E-state index contributed by atoms with van der Waals surface area (Å²) in [6.07, 6.45) is -4.81. The highest BCUT2D eigenvalue weighted by Gasteiger charge is 2.31. The fourth-order valence-electron chi connectivity index (χ4n) is 1.49. The molecule has 24 heavy (non-hydrogen) atoms. The molecule has 0 saturated carbocycles. The van der Waals surface area contributed by atoms with E-state index >= 15 is 0 Å². The summed E-state index contributed by atoms with van der Waals surface area (Å²) in [6, 6.07) is 3.65. The zero-order chi connectivity index (χ0) is 17.9. The van der Waals surface area contributed by atoms with E-state index in [1.165, 1.54) is 12.1 Å². The number of nitrogens with zero attached hydrogens (tertiary/aromatic N) is 1. The van der Waals surface area contributed by atoms with Gasteiger partial charge in [-0.3, -0.25) is 5.32 Å². The average Bonchev–Trinajstić information content (AvgIpc) is 2.80. The second kappa shape index (κ2) is 6.93. The summed E-state index contributed by atoms with van der Waals surface area (Å²) in [5, 5.41) is 13.3. The minimum Gasteiger partial charge on any atom is -0.476 e. The number of benzene rings is 1. The average molecular weight is 382 g/mol. The molecule has 0 unspecified atom stereocenters. The normalized spacial score (nSPS) is 11.0. The number of carbonyl (C=O) groups excluding carboxylic acids is 1. The number of carboxylic acid groups (broad SMARTS) is 1. The molecule has 2 aromatic rings. The first-order valence-electron chi connectivity index (χ1n) is 5.97. The van der Waals surface area contributed by atoms with Crippen molar-refractivity contribution < 1.29 is 32.6 Å². The molecule has 3 N–H and O–H groups in total. The van der Waals surface area contributed by atoms with Crippen molar-refractivity contribution >= 4 is 45.8 Å². The van der Waals surface area contributed by atoms with E-state index in [0.29, 0.717) is 0 Å². The lowest BCUT2D eigenvalue weighted by molar-refractivity contribution is -0.274. The largest absolute Gasteiger partial charge is 0.573 e. The molecule has 0 saturated heterocycles. The van der Waals surface area contributed by atoms with E-state index in [1.54, 1.807) is 0 Å². The van der Waals surface area contributed by atoms with Crippen molar-refractivity contribution in [2.75, 3.05) is 10.6 Å². The first-order chi connectivity index (χ1) is 11.1. The molecule has 128 valence electrons. The van der Waals surface area contributed by atoms with E-state index in [0.717, 1.165) is 23.5 Å². The SMILES string of the molecule is O=C(Nc1ccc(OC(F)(F)F)cc1)Nc1nc(C(=O)O)c(Cl)s1. The van der Waals surface area contributed by atoms with Gasteiger partial charge in [-0.15, -0.1) is 13.2 Å². The van der Waals surface area contributed by atoms with Crippen LogP contribution in [0.2, 0.25) is 4.34 Å². The Hall–Kier alpha value is -2.53. The first-order valence-corrected chi connectivity index (χ1v) is 7.17. The quantitative estimate of drug-likeness (QED) is 0.742. The Morgan fingerprint density at radius 1 is 1.21 bits per heavy atom. The number of nitrogens with one attached hydrogen (secondary N) is 2. The molecule has 2 amide bonds. The second-order valence-corrected chi connectivity index (χ2v) is 5.70. The van der Waals surface area contributed by atoms with Crippen molar-refractivity contribution in [2.24, 2.45) is 0 Å². The summed E-state index contributed by atoms with van der Waals surface area (Å²) in [6.45, 7) is 0. The van der Waals surface area contributed by atoms with Gasteiger partial charge in [0, 0.05) is 5.69 Å². The van der Waals surface area contributed by atoms with Crippen LogP contribution in [0, 0.1) is 0 Å². The van der Waals surface area contributed by atoms with Gasteiger partial charge in [0.25, 0.3) is 0 Å². The first kappa shape index (κ1) is 17.8. The van der Waals surface area contributed by atoms with Crippen LogP contribution < -0.4 is 15.4 Å². The van der Waals surface area contributed by atoms with Crippen LogP contribution in [0.5, 0.6) is 5.75 Å². The number of ether oxygens (including phenoxy) is 1. The van der Waals surface area contributed by atoms with Gasteiger partial charge < -0.3 is 15.2 Å². The number of hydrogen-bond acceptors (Lipinski definition) is 5. The molecular weight excluding hydrogens is 375 g/mol. The highest BCUT2D eigenvalue weighted by Crippen LogP contribution is 2.28. The Kier molecular flexibility index (Phi) is 5.14. The third-order valence-corrected chi connectivity index (χ3v) is 3.52. The number of alkyl halides is 3. The van der Waals surface area contributed by atoms with Gasteiger partial charge in [0.2, 0.25) is 0 Å². The van der Waals surface area contributed by atoms with E-state index in [4.69, 9.17) is 16.7 Å². The van der Waals surface area contributed by atoms with Gasteiger partial charge in [-0.2, -0.15) is 0 Å². The molecule has 0 spiro atoms. The van der Waals surface area contributed by atoms with Gasteiger partial charge >= 0.3 is 18.4 Å². The fraction of sp³-hybridized carbons (Fsp3) is 0.0833. The Morgan fingerprint density at radius 2 is 1.83 bits per heavy atom. The summed E-state index contributed by atoms with van der Waals surface area (Å²) >= 11 is 6.40. The lowest BCUT2D eigenvalue weighted by atomic mass is 10.3. The van der Waals surface area contributed by atoms with Crippen molar-refractivity contribution in [3.63, 3.8) is 0 Å². The molecule has 1 aromatic heterocycles. The maximum Gasteiger partial charge on any atom is 0.573 e. The van der Waals surface area contributed by atoms with Gasteiger partial charge in [0.05, 0.1) is 0 Å². The summed E-state index contributed by atoms with van der Waals surface area (Å²) in [5.74, 6) is -1.78. The lowest BCUT2D eigenvalue weighted by Crippen LogP contribution is -2.19. The number of carbonyl (C=O) groups is 2. The molecule has 0 fully saturated rings. The van der Waals surface area contributed by atoms with Gasteiger partial charge in [-0.25, -0.2) is 14.6 Å². The maximum atomic E-state index is 12.0. The topological polar surface area (TPSA) is 101 Å². The van der Waals surface area contributed by atoms with E-state index in [2.05, 4.69) is 20.4 Å². The number of aromatic nitrogens is 1. The second-order valence-electron chi connectivity index (χ2n) is 4.10. The van der Waals surface area contributed by atoms with Crippen molar-refractivity contribution in [1.29, 1.82) is 0 Å². The highest BCUT2D eigenvalue weighted by molar-refractivity contribution is 7.20. The van der Waals surface area contributed by atoms with Crippen LogP contribution in [-0.4, -0.2) is 28.5 Å². The molecular formula is C12H7ClF3N3O4S. The highest BCUT2D eigenvalue weighted by atomic mass is 35.5. The van der Waals surface area contributed by atoms with Crippen molar-refractivity contribution in [1.82, 2.24) is 4.98 Å². The third kappa shape index (κ3) is 4.99. The van der Waals surface area contributed by atoms with Crippen LogP contribution in [0.3, 0.4) is 0 Å². The molecule has 1 aromatic carbocycles. The van der Waals surface area contributed by atoms with Crippen LogP contribution in [0.1, 0.15) is 10.5 Å². The number of hydrogen-bond donors (Lipinski definition) is 3. The van der Waals surface area contributed by atoms with Gasteiger partial charge in [0.15, 0.2) is 10.8 Å². The standard InChI is InChI=1S/C12H7ClF3N3O4S/c13-8-7(9(20)21)18-11(24-8)19-10(22)17-5-1-3-6(4-2-5)23-12(14,15)16/h1-4H,(H,20,21)(H2,17,18,19,22). The molecule has 0 radical (unpaired) electrons. The van der Waals surface area contributed by atoms with Gasteiger partial charge in [-0.1, -0.05) is 22.9 Å². The molecule has 12 heteroatoms. The van der Waals surface area contributed by atoms with Crippen LogP contribution in [0.25, 0.3) is 0 Å². The van der Waals surface area contributed by atoms with E-state index in [-0.39, 0.29) is 15.2 Å². The Bertz CT molecular complexity index is 764. The number of urea groups is 1. The van der Waals surface area contributed by atoms with Crippen molar-refractivity contribution in [2.45, 2.75) is 6.36 Å². The van der Waals surface area contributed by atoms with Crippen LogP contribution >= 0.6 is 22.9 Å². The molecule has 0 aliphatic heterocycles. The number of thiazole rings is 1. The Labute approximate surface area is 141 Å². The van der Waals surface area contributed by atoms with E-state index < -0.39 is 29.8 Å². The van der Waals surface area contributed by atoms with Gasteiger partial charge in [0.1, 0.15) is 10.1 Å². The van der Waals surface area contributed by atoms with Crippen LogP contribution in [0.4, 0.5) is 28.8 Å². The van der Waals surface area contributed by atoms with Crippen molar-refractivity contribution in [3.05, 3.63) is 34.3 Å². The zero-order valence-corrected chi connectivity index (χ0v) is 12.9. The van der Waals surface area contributed by atoms with Gasteiger partial charge in [-0.05, 0) is 24.3 Å². The van der Waals surface area contributed by atoms with Crippen LogP contribution in [-0.2, 0) is 0 Å². The molecule has 0 atom stereocenters. The minimum atomic E-state index is -4.81. The summed E-state index contributed by atoms with van der Waals surface area (Å²) < 4.78 is 39.7. The summed E-state index contributed by atoms with van der Waals surface area (Å²) in [7, 11) is 0. The molecule has 7 nitrogen and oxygen atoms in total. The number of amides is 2. The molecule has 0 aliphatic rings. The molecule has 2 rings (SSSR count). The number of halogens is 4. The van der Waals surface area contributed by atoms with E-state index in [9.17, 15) is 22.8 Å². The number of carboxylic acids is 1.